The van der Waals surface area contributed by atoms with Gasteiger partial charge < -0.3 is 10.4 Å². The van der Waals surface area contributed by atoms with Gasteiger partial charge in [-0.2, -0.15) is 13.2 Å². The Hall–Kier alpha value is -3.87. The molecule has 1 heterocycles. The number of nitrogens with zero attached hydrogens (tertiary/aromatic N) is 1. The van der Waals surface area contributed by atoms with Gasteiger partial charge in [-0.3, -0.25) is 9.52 Å². The number of pyridine rings is 1. The van der Waals surface area contributed by atoms with Crippen LogP contribution in [0.5, 0.6) is 0 Å². The van der Waals surface area contributed by atoms with Crippen LogP contribution in [0.15, 0.2) is 30.3 Å². The maximum Gasteiger partial charge on any atom is 0.433 e. The fourth-order valence-corrected chi connectivity index (χ4v) is 3.15. The molecule has 0 bridgehead atoms. The zero-order chi connectivity index (χ0) is 25.5. The second kappa shape index (κ2) is 10.8. The lowest BCUT2D eigenvalue weighted by molar-refractivity contribution is -0.141. The molecule has 34 heavy (non-hydrogen) atoms. The summed E-state index contributed by atoms with van der Waals surface area (Å²) >= 11 is 0. The number of carbonyl (C=O) groups excluding carboxylic acids is 1. The summed E-state index contributed by atoms with van der Waals surface area (Å²) in [5.74, 6) is 5.03. The number of aromatic nitrogens is 1. The van der Waals surface area contributed by atoms with Gasteiger partial charge in [-0.25, -0.2) is 17.8 Å². The van der Waals surface area contributed by atoms with Gasteiger partial charge in [0.15, 0.2) is 0 Å². The first-order valence-electron chi connectivity index (χ1n) is 9.24. The van der Waals surface area contributed by atoms with Crippen LogP contribution in [-0.4, -0.2) is 37.3 Å². The van der Waals surface area contributed by atoms with Crippen molar-refractivity contribution in [2.24, 2.45) is 0 Å². The molecule has 0 fully saturated rings. The summed E-state index contributed by atoms with van der Waals surface area (Å²) in [5, 5.41) is 11.2. The number of hydrogen-bond donors (Lipinski definition) is 3. The van der Waals surface area contributed by atoms with E-state index in [9.17, 15) is 30.8 Å². The third-order valence-electron chi connectivity index (χ3n) is 3.98. The minimum absolute atomic E-state index is 0.0758. The number of hydrogen-bond acceptors (Lipinski definition) is 5. The Kier molecular flexibility index (Phi) is 8.41. The Morgan fingerprint density at radius 1 is 1.29 bits per heavy atom. The molecule has 0 unspecified atom stereocenters. The number of alkyl halides is 3. The highest BCUT2D eigenvalue weighted by molar-refractivity contribution is 7.92. The van der Waals surface area contributed by atoms with E-state index in [1.54, 1.807) is 0 Å². The lowest BCUT2D eigenvalue weighted by atomic mass is 10.1. The van der Waals surface area contributed by atoms with E-state index >= 15 is 0 Å². The number of sulfonamides is 1. The second-order valence-electron chi connectivity index (χ2n) is 6.66. The summed E-state index contributed by atoms with van der Waals surface area (Å²) in [7, 11) is -3.78. The number of aliphatic hydroxyl groups is 1. The van der Waals surface area contributed by atoms with Crippen molar-refractivity contribution in [1.82, 2.24) is 10.3 Å². The molecule has 0 aliphatic heterocycles. The molecule has 2 aromatic rings. The molecule has 0 spiro atoms. The standard InChI is InChI=1S/C22H17F4N3O4S/c1-3-15-11-14(12-17(23)21(15)29-34(2,32)33)13-27-20(31)9-7-16-6-8-19(22(24,25)26)28-18(16)5-4-10-30/h1,6-9,11-12,29-30H,10,13H2,2H3,(H,27,31). The third-order valence-corrected chi connectivity index (χ3v) is 4.55. The quantitative estimate of drug-likeness (QED) is 0.324. The van der Waals surface area contributed by atoms with Crippen molar-refractivity contribution in [3.63, 3.8) is 0 Å². The number of halogens is 4. The summed E-state index contributed by atoms with van der Waals surface area (Å²) in [4.78, 5) is 15.5. The van der Waals surface area contributed by atoms with Gasteiger partial charge in [0.25, 0.3) is 0 Å². The molecule has 7 nitrogen and oxygen atoms in total. The first kappa shape index (κ1) is 26.4. The minimum atomic E-state index is -4.70. The van der Waals surface area contributed by atoms with E-state index in [1.165, 1.54) is 12.1 Å². The van der Waals surface area contributed by atoms with E-state index in [2.05, 4.69) is 28.1 Å². The maximum absolute atomic E-state index is 14.3. The zero-order valence-electron chi connectivity index (χ0n) is 17.5. The van der Waals surface area contributed by atoms with Crippen LogP contribution in [0.1, 0.15) is 28.1 Å². The number of terminal acetylenes is 1. The fraction of sp³-hybridized carbons (Fsp3) is 0.182. The summed E-state index contributed by atoms with van der Waals surface area (Å²) < 4.78 is 77.7. The van der Waals surface area contributed by atoms with Crippen molar-refractivity contribution < 1.29 is 35.9 Å². The van der Waals surface area contributed by atoms with Crippen molar-refractivity contribution in [2.45, 2.75) is 12.7 Å². The summed E-state index contributed by atoms with van der Waals surface area (Å²) in [5.41, 5.74) is -1.61. The minimum Gasteiger partial charge on any atom is -0.384 e. The fourth-order valence-electron chi connectivity index (χ4n) is 2.57. The van der Waals surface area contributed by atoms with E-state index in [0.29, 0.717) is 0 Å². The van der Waals surface area contributed by atoms with Crippen molar-refractivity contribution >= 4 is 27.7 Å². The molecule has 12 heteroatoms. The molecule has 0 saturated carbocycles. The van der Waals surface area contributed by atoms with Crippen LogP contribution in [0.4, 0.5) is 23.2 Å². The number of anilines is 1. The van der Waals surface area contributed by atoms with Crippen LogP contribution in [0, 0.1) is 30.0 Å². The Bertz CT molecular complexity index is 1330. The number of carbonyl (C=O) groups is 1. The van der Waals surface area contributed by atoms with Crippen molar-refractivity contribution in [2.75, 3.05) is 17.6 Å². The van der Waals surface area contributed by atoms with Crippen molar-refractivity contribution in [1.29, 1.82) is 0 Å². The highest BCUT2D eigenvalue weighted by Gasteiger charge is 2.32. The molecule has 178 valence electrons. The smallest absolute Gasteiger partial charge is 0.384 e. The second-order valence-corrected chi connectivity index (χ2v) is 8.41. The summed E-state index contributed by atoms with van der Waals surface area (Å²) in [6.45, 7) is -0.785. The number of nitrogens with one attached hydrogen (secondary N) is 2. The van der Waals surface area contributed by atoms with Crippen LogP contribution >= 0.6 is 0 Å². The van der Waals surface area contributed by atoms with Crippen LogP contribution in [-0.2, 0) is 27.5 Å². The Morgan fingerprint density at radius 3 is 2.59 bits per heavy atom. The van der Waals surface area contributed by atoms with Crippen molar-refractivity contribution in [3.05, 3.63) is 64.2 Å². The van der Waals surface area contributed by atoms with Gasteiger partial charge in [-0.1, -0.05) is 11.8 Å². The lowest BCUT2D eigenvalue weighted by Crippen LogP contribution is -2.21. The number of amides is 1. The van der Waals surface area contributed by atoms with E-state index < -0.39 is 45.9 Å². The highest BCUT2D eigenvalue weighted by atomic mass is 32.2. The summed E-state index contributed by atoms with van der Waals surface area (Å²) in [6.07, 6.45) is 3.63. The molecule has 2 rings (SSSR count). The van der Waals surface area contributed by atoms with Gasteiger partial charge in [0.2, 0.25) is 15.9 Å². The largest absolute Gasteiger partial charge is 0.433 e. The molecule has 0 atom stereocenters. The van der Waals surface area contributed by atoms with Gasteiger partial charge in [-0.15, -0.1) is 6.42 Å². The predicted octanol–water partition coefficient (Wildman–Crippen LogP) is 2.27. The molecule has 1 aromatic carbocycles. The van der Waals surface area contributed by atoms with E-state index in [-0.39, 0.29) is 28.9 Å². The molecule has 0 radical (unpaired) electrons. The normalized spacial score (nSPS) is 11.4. The van der Waals surface area contributed by atoms with Crippen LogP contribution in [0.25, 0.3) is 6.08 Å². The molecule has 1 amide bonds. The monoisotopic (exact) mass is 495 g/mol. The third kappa shape index (κ3) is 7.62. The van der Waals surface area contributed by atoms with Gasteiger partial charge in [-0.05, 0) is 41.8 Å². The first-order valence-corrected chi connectivity index (χ1v) is 11.1. The van der Waals surface area contributed by atoms with Crippen molar-refractivity contribution in [3.8, 4) is 24.2 Å². The highest BCUT2D eigenvalue weighted by Crippen LogP contribution is 2.28. The van der Waals surface area contributed by atoms with Gasteiger partial charge in [0.05, 0.1) is 17.5 Å². The van der Waals surface area contributed by atoms with Crippen LogP contribution < -0.4 is 10.0 Å². The van der Waals surface area contributed by atoms with Gasteiger partial charge in [0.1, 0.15) is 23.8 Å². The number of aliphatic hydroxyl groups excluding tert-OH is 1. The lowest BCUT2D eigenvalue weighted by Gasteiger charge is -2.11. The number of rotatable bonds is 6. The summed E-state index contributed by atoms with van der Waals surface area (Å²) in [6, 6.07) is 4.09. The molecular weight excluding hydrogens is 478 g/mol. The molecule has 0 saturated heterocycles. The SMILES string of the molecule is C#Cc1cc(CNC(=O)C=Cc2ccc(C(F)(F)F)nc2C#CCO)cc(F)c1NS(C)(=O)=O. The first-order chi connectivity index (χ1) is 15.8. The van der Waals surface area contributed by atoms with E-state index in [0.717, 1.165) is 30.5 Å². The molecular formula is C22H17F4N3O4S. The molecule has 0 aliphatic rings. The average molecular weight is 495 g/mol. The van der Waals surface area contributed by atoms with Gasteiger partial charge >= 0.3 is 6.18 Å². The van der Waals surface area contributed by atoms with E-state index in [1.807, 2.05) is 4.72 Å². The predicted molar refractivity (Wildman–Crippen MR) is 117 cm³/mol. The number of benzene rings is 1. The van der Waals surface area contributed by atoms with Crippen LogP contribution in [0.2, 0.25) is 0 Å². The maximum atomic E-state index is 14.3. The van der Waals surface area contributed by atoms with Gasteiger partial charge in [0, 0.05) is 18.2 Å². The van der Waals surface area contributed by atoms with Crippen LogP contribution in [0.3, 0.4) is 0 Å². The average Bonchev–Trinajstić information content (AvgIpc) is 2.75. The zero-order valence-corrected chi connectivity index (χ0v) is 18.3. The Labute approximate surface area is 193 Å². The topological polar surface area (TPSA) is 108 Å². The Morgan fingerprint density at radius 2 is 2.00 bits per heavy atom. The molecule has 0 aliphatic carbocycles. The Balaban J connectivity index is 2.19. The molecule has 3 N–H and O–H groups in total. The van der Waals surface area contributed by atoms with E-state index in [4.69, 9.17) is 11.5 Å². The molecule has 1 aromatic heterocycles.